The smallest absolute Gasteiger partial charge is 0.175 e. The second-order valence-corrected chi connectivity index (χ2v) is 5.43. The summed E-state index contributed by atoms with van der Waals surface area (Å²) in [5.41, 5.74) is 0.808. The van der Waals surface area contributed by atoms with Crippen molar-refractivity contribution >= 4 is 11.0 Å². The predicted molar refractivity (Wildman–Crippen MR) is 82.0 cm³/mol. The normalized spacial score (nSPS) is 12.5. The largest absolute Gasteiger partial charge is 0.383 e. The van der Waals surface area contributed by atoms with Crippen LogP contribution in [0.3, 0.4) is 0 Å². The fourth-order valence-electron chi connectivity index (χ4n) is 2.40. The van der Waals surface area contributed by atoms with Crippen LogP contribution in [0, 0.1) is 0 Å². The second-order valence-electron chi connectivity index (χ2n) is 5.43. The molecule has 1 heterocycles. The molecule has 1 aromatic heterocycles. The zero-order valence-electron chi connectivity index (χ0n) is 13.2. The Morgan fingerprint density at radius 3 is 2.38 bits per heavy atom. The maximum atomic E-state index is 10.4. The van der Waals surface area contributed by atoms with E-state index in [-0.39, 0.29) is 6.29 Å². The molecule has 0 bridgehead atoms. The van der Waals surface area contributed by atoms with Gasteiger partial charge in [0.1, 0.15) is 11.4 Å². The monoisotopic (exact) mass is 292 g/mol. The maximum Gasteiger partial charge on any atom is 0.175 e. The molecule has 1 N–H and O–H groups in total. The molecule has 0 aliphatic rings. The van der Waals surface area contributed by atoms with Crippen molar-refractivity contribution in [3.63, 3.8) is 0 Å². The first-order chi connectivity index (χ1) is 9.97. The van der Waals surface area contributed by atoms with Crippen LogP contribution >= 0.6 is 0 Å². The van der Waals surface area contributed by atoms with E-state index in [4.69, 9.17) is 9.47 Å². The van der Waals surface area contributed by atoms with Gasteiger partial charge >= 0.3 is 0 Å². The van der Waals surface area contributed by atoms with E-state index in [1.807, 2.05) is 42.7 Å². The molecule has 0 saturated heterocycles. The summed E-state index contributed by atoms with van der Waals surface area (Å²) < 4.78 is 13.2. The molecule has 0 spiro atoms. The van der Waals surface area contributed by atoms with Gasteiger partial charge in [0, 0.05) is 13.2 Å². The summed E-state index contributed by atoms with van der Waals surface area (Å²) in [6.07, 6.45) is -0.348. The lowest BCUT2D eigenvalue weighted by molar-refractivity contribution is -0.144. The van der Waals surface area contributed by atoms with E-state index >= 15 is 0 Å². The number of benzene rings is 1. The highest BCUT2D eigenvalue weighted by atomic mass is 16.7. The van der Waals surface area contributed by atoms with Gasteiger partial charge in [0.2, 0.25) is 0 Å². The molecule has 0 saturated carbocycles. The summed E-state index contributed by atoms with van der Waals surface area (Å²) >= 11 is 0. The van der Waals surface area contributed by atoms with Crippen molar-refractivity contribution < 1.29 is 14.6 Å². The number of para-hydroxylation sites is 2. The van der Waals surface area contributed by atoms with Crippen LogP contribution in [0.25, 0.3) is 11.0 Å². The average molecular weight is 292 g/mol. The van der Waals surface area contributed by atoms with Gasteiger partial charge in [-0.15, -0.1) is 0 Å². The molecule has 5 heteroatoms. The molecule has 0 atom stereocenters. The van der Waals surface area contributed by atoms with Crippen molar-refractivity contribution in [2.24, 2.45) is 0 Å². The van der Waals surface area contributed by atoms with Gasteiger partial charge in [0.05, 0.1) is 17.6 Å². The van der Waals surface area contributed by atoms with E-state index in [0.29, 0.717) is 25.6 Å². The van der Waals surface area contributed by atoms with Crippen LogP contribution in [0.15, 0.2) is 24.3 Å². The number of ether oxygens (including phenoxy) is 2. The minimum atomic E-state index is -1.03. The fourth-order valence-corrected chi connectivity index (χ4v) is 2.40. The van der Waals surface area contributed by atoms with Crippen molar-refractivity contribution in [1.82, 2.24) is 9.55 Å². The van der Waals surface area contributed by atoms with Crippen LogP contribution in [-0.4, -0.2) is 34.2 Å². The highest BCUT2D eigenvalue weighted by Crippen LogP contribution is 2.25. The average Bonchev–Trinajstić information content (AvgIpc) is 2.78. The number of nitrogens with zero attached hydrogens (tertiary/aromatic N) is 2. The number of aliphatic hydroxyl groups is 1. The SMILES string of the molecule is CCOC(Cn1c(C(C)(C)O)nc2ccccc21)OCC. The van der Waals surface area contributed by atoms with Crippen LogP contribution in [-0.2, 0) is 21.6 Å². The Bertz CT molecular complexity index is 581. The molecule has 0 aliphatic heterocycles. The number of fused-ring (bicyclic) bond motifs is 1. The van der Waals surface area contributed by atoms with Gasteiger partial charge < -0.3 is 19.1 Å². The third-order valence-electron chi connectivity index (χ3n) is 3.24. The number of aromatic nitrogens is 2. The topological polar surface area (TPSA) is 56.5 Å². The summed E-state index contributed by atoms with van der Waals surface area (Å²) in [5, 5.41) is 10.4. The zero-order valence-corrected chi connectivity index (χ0v) is 13.2. The third-order valence-corrected chi connectivity index (χ3v) is 3.24. The van der Waals surface area contributed by atoms with Crippen molar-refractivity contribution in [1.29, 1.82) is 0 Å². The molecule has 0 unspecified atom stereocenters. The van der Waals surface area contributed by atoms with Crippen LogP contribution in [0.1, 0.15) is 33.5 Å². The van der Waals surface area contributed by atoms with Gasteiger partial charge in [-0.2, -0.15) is 0 Å². The highest BCUT2D eigenvalue weighted by molar-refractivity contribution is 5.76. The van der Waals surface area contributed by atoms with E-state index in [0.717, 1.165) is 11.0 Å². The minimum Gasteiger partial charge on any atom is -0.383 e. The van der Waals surface area contributed by atoms with E-state index in [1.165, 1.54) is 0 Å². The van der Waals surface area contributed by atoms with Crippen molar-refractivity contribution in [2.45, 2.75) is 46.1 Å². The van der Waals surface area contributed by atoms with Crippen molar-refractivity contribution in [3.05, 3.63) is 30.1 Å². The molecule has 0 amide bonds. The summed E-state index contributed by atoms with van der Waals surface area (Å²) in [7, 11) is 0. The van der Waals surface area contributed by atoms with Gasteiger partial charge in [-0.05, 0) is 39.8 Å². The lowest BCUT2D eigenvalue weighted by Crippen LogP contribution is -2.28. The predicted octanol–water partition coefficient (Wildman–Crippen LogP) is 2.66. The Hall–Kier alpha value is -1.43. The Morgan fingerprint density at radius 1 is 1.19 bits per heavy atom. The number of hydrogen-bond acceptors (Lipinski definition) is 4. The Labute approximate surface area is 125 Å². The van der Waals surface area contributed by atoms with Crippen LogP contribution in [0.2, 0.25) is 0 Å². The summed E-state index contributed by atoms with van der Waals surface area (Å²) in [6, 6.07) is 7.84. The van der Waals surface area contributed by atoms with Gasteiger partial charge in [0.15, 0.2) is 6.29 Å². The lowest BCUT2D eigenvalue weighted by Gasteiger charge is -2.23. The fraction of sp³-hybridized carbons (Fsp3) is 0.562. The van der Waals surface area contributed by atoms with Gasteiger partial charge in [-0.1, -0.05) is 12.1 Å². The maximum absolute atomic E-state index is 10.4. The quantitative estimate of drug-likeness (QED) is 0.797. The molecule has 2 rings (SSSR count). The molecule has 1 aromatic carbocycles. The molecular weight excluding hydrogens is 268 g/mol. The van der Waals surface area contributed by atoms with Crippen LogP contribution < -0.4 is 0 Å². The summed E-state index contributed by atoms with van der Waals surface area (Å²) in [4.78, 5) is 4.56. The molecule has 2 aromatic rings. The summed E-state index contributed by atoms with van der Waals surface area (Å²) in [6.45, 7) is 9.01. The molecule has 116 valence electrons. The highest BCUT2D eigenvalue weighted by Gasteiger charge is 2.26. The minimum absolute atomic E-state index is 0.348. The van der Waals surface area contributed by atoms with Crippen LogP contribution in [0.4, 0.5) is 0 Å². The van der Waals surface area contributed by atoms with Gasteiger partial charge in [-0.25, -0.2) is 4.98 Å². The zero-order chi connectivity index (χ0) is 15.5. The first-order valence-electron chi connectivity index (χ1n) is 7.38. The molecule has 21 heavy (non-hydrogen) atoms. The van der Waals surface area contributed by atoms with E-state index < -0.39 is 5.60 Å². The molecule has 0 radical (unpaired) electrons. The van der Waals surface area contributed by atoms with E-state index in [1.54, 1.807) is 13.8 Å². The Balaban J connectivity index is 2.44. The lowest BCUT2D eigenvalue weighted by atomic mass is 10.1. The van der Waals surface area contributed by atoms with Crippen molar-refractivity contribution in [2.75, 3.05) is 13.2 Å². The first-order valence-corrected chi connectivity index (χ1v) is 7.38. The number of imidazole rings is 1. The number of hydrogen-bond donors (Lipinski definition) is 1. The molecule has 5 nitrogen and oxygen atoms in total. The summed E-state index contributed by atoms with van der Waals surface area (Å²) in [5.74, 6) is 0.619. The molecular formula is C16H24N2O3. The standard InChI is InChI=1S/C16H24N2O3/c1-5-20-14(21-6-2)11-18-13-10-8-7-9-12(13)17-15(18)16(3,4)19/h7-10,14,19H,5-6,11H2,1-4H3. The molecule has 0 fully saturated rings. The van der Waals surface area contributed by atoms with Crippen molar-refractivity contribution in [3.8, 4) is 0 Å². The van der Waals surface area contributed by atoms with E-state index in [9.17, 15) is 5.11 Å². The third kappa shape index (κ3) is 3.61. The first kappa shape index (κ1) is 15.9. The Morgan fingerprint density at radius 2 is 1.81 bits per heavy atom. The van der Waals surface area contributed by atoms with E-state index in [2.05, 4.69) is 4.98 Å². The Kier molecular flexibility index (Phi) is 4.98. The van der Waals surface area contributed by atoms with Gasteiger partial charge in [0.25, 0.3) is 0 Å². The van der Waals surface area contributed by atoms with Gasteiger partial charge in [-0.3, -0.25) is 0 Å². The van der Waals surface area contributed by atoms with Crippen LogP contribution in [0.5, 0.6) is 0 Å². The molecule has 0 aliphatic carbocycles. The number of rotatable bonds is 7. The second kappa shape index (κ2) is 6.56.